The summed E-state index contributed by atoms with van der Waals surface area (Å²) in [6, 6.07) is 14.7. The van der Waals surface area contributed by atoms with Gasteiger partial charge in [0, 0.05) is 36.1 Å². The third kappa shape index (κ3) is 4.40. The Morgan fingerprint density at radius 2 is 1.84 bits per heavy atom. The summed E-state index contributed by atoms with van der Waals surface area (Å²) in [5.41, 5.74) is 6.15. The molecule has 2 saturated carbocycles. The van der Waals surface area contributed by atoms with Crippen LogP contribution in [0.25, 0.3) is 44.8 Å². The van der Waals surface area contributed by atoms with E-state index in [4.69, 9.17) is 9.40 Å². The zero-order valence-corrected chi connectivity index (χ0v) is 25.1. The fourth-order valence-corrected chi connectivity index (χ4v) is 7.39. The van der Waals surface area contributed by atoms with Gasteiger partial charge in [0.2, 0.25) is 5.89 Å². The second kappa shape index (κ2) is 10.3. The lowest BCUT2D eigenvalue weighted by atomic mass is 9.75. The molecule has 0 unspecified atom stereocenters. The highest BCUT2D eigenvalue weighted by Crippen LogP contribution is 2.45. The van der Waals surface area contributed by atoms with Crippen molar-refractivity contribution in [1.82, 2.24) is 34.6 Å². The van der Waals surface area contributed by atoms with Gasteiger partial charge >= 0.3 is 5.76 Å². The number of benzene rings is 2. The number of imidazole rings is 1. The second-order valence-corrected chi connectivity index (χ2v) is 12.4. The third-order valence-electron chi connectivity index (χ3n) is 9.79. The average molecular weight is 606 g/mol. The van der Waals surface area contributed by atoms with E-state index in [0.717, 1.165) is 71.3 Å². The molecular formula is C34H32FN7O3. The number of amides is 1. The smallest absolute Gasteiger partial charge is 0.388 e. The summed E-state index contributed by atoms with van der Waals surface area (Å²) in [6.07, 6.45) is 8.36. The predicted octanol–water partition coefficient (Wildman–Crippen LogP) is 6.08. The van der Waals surface area contributed by atoms with Gasteiger partial charge in [-0.3, -0.25) is 9.78 Å². The highest BCUT2D eigenvalue weighted by molar-refractivity contribution is 6.01. The molecular weight excluding hydrogens is 573 g/mol. The summed E-state index contributed by atoms with van der Waals surface area (Å²) in [5, 5.41) is 10.7. The van der Waals surface area contributed by atoms with E-state index in [0.29, 0.717) is 17.0 Å². The molecule has 2 aromatic carbocycles. The Bertz CT molecular complexity index is 2160. The lowest BCUT2D eigenvalue weighted by molar-refractivity contribution is 0.0805. The van der Waals surface area contributed by atoms with E-state index in [9.17, 15) is 14.0 Å². The first-order valence-electron chi connectivity index (χ1n) is 15.4. The van der Waals surface area contributed by atoms with Crippen molar-refractivity contribution in [2.45, 2.75) is 56.4 Å². The fourth-order valence-electron chi connectivity index (χ4n) is 7.39. The van der Waals surface area contributed by atoms with Gasteiger partial charge in [0.05, 0.1) is 34.2 Å². The number of H-pyrrole nitrogens is 1. The van der Waals surface area contributed by atoms with Gasteiger partial charge in [-0.2, -0.15) is 0 Å². The van der Waals surface area contributed by atoms with Crippen LogP contribution >= 0.6 is 0 Å². The number of carbonyl (C=O) groups excluding carboxylic acids is 1. The SMILES string of the molecule is Cn1c(C2(NC(=O)c3ccc4c(C5CCCC5)c(-c5ccc(F)cn5)n(C)c4c3)CCC2)nc2ccc(-c3n[nH]c(=O)o3)cc21. The lowest BCUT2D eigenvalue weighted by Crippen LogP contribution is -2.52. The van der Waals surface area contributed by atoms with Crippen molar-refractivity contribution in [3.63, 3.8) is 0 Å². The Hall–Kier alpha value is -5.06. The Morgan fingerprint density at radius 1 is 1.02 bits per heavy atom. The molecule has 6 aromatic rings. The molecule has 4 aromatic heterocycles. The fraction of sp³-hybridized carbons (Fsp3) is 0.324. The van der Waals surface area contributed by atoms with E-state index in [-0.39, 0.29) is 17.6 Å². The minimum absolute atomic E-state index is 0.160. The number of rotatable bonds is 6. The van der Waals surface area contributed by atoms with Crippen LogP contribution in [0.3, 0.4) is 0 Å². The Kier molecular flexibility index (Phi) is 6.26. The van der Waals surface area contributed by atoms with E-state index in [1.807, 2.05) is 49.0 Å². The summed E-state index contributed by atoms with van der Waals surface area (Å²) in [7, 11) is 3.94. The predicted molar refractivity (Wildman–Crippen MR) is 167 cm³/mol. The molecule has 0 radical (unpaired) electrons. The molecule has 2 fully saturated rings. The maximum Gasteiger partial charge on any atom is 0.434 e. The summed E-state index contributed by atoms with van der Waals surface area (Å²) in [6.45, 7) is 0. The molecule has 4 heterocycles. The molecule has 0 atom stereocenters. The number of aryl methyl sites for hydroxylation is 2. The molecule has 8 rings (SSSR count). The van der Waals surface area contributed by atoms with Crippen LogP contribution in [0.15, 0.2) is 63.9 Å². The van der Waals surface area contributed by atoms with Crippen LogP contribution in [0, 0.1) is 5.82 Å². The van der Waals surface area contributed by atoms with Gasteiger partial charge in [-0.15, -0.1) is 5.10 Å². The van der Waals surface area contributed by atoms with Gasteiger partial charge in [0.1, 0.15) is 11.6 Å². The largest absolute Gasteiger partial charge is 0.434 e. The van der Waals surface area contributed by atoms with E-state index in [2.05, 4.69) is 31.1 Å². The summed E-state index contributed by atoms with van der Waals surface area (Å²) in [5.74, 6) is 0.255. The molecule has 0 spiro atoms. The second-order valence-electron chi connectivity index (χ2n) is 12.4. The van der Waals surface area contributed by atoms with Crippen molar-refractivity contribution in [1.29, 1.82) is 0 Å². The standard InChI is InChI=1S/C34H32FN7O3/c1-41-26-16-20(8-11-23(26)28(19-6-3-4-7-19)29(41)25-13-10-22(35)18-36-25)30(43)38-34(14-5-15-34)32-37-24-12-9-21(17-27(24)42(32)2)31-39-40-33(44)45-31/h8-13,16-19H,3-7,14-15H2,1-2H3,(H,38,43)(H,40,44). The van der Waals surface area contributed by atoms with Gasteiger partial charge in [0.25, 0.3) is 5.91 Å². The number of hydrogen-bond acceptors (Lipinski definition) is 6. The monoisotopic (exact) mass is 605 g/mol. The molecule has 0 bridgehead atoms. The topological polar surface area (TPSA) is 124 Å². The first kappa shape index (κ1) is 27.5. The highest BCUT2D eigenvalue weighted by Gasteiger charge is 2.44. The maximum atomic E-state index is 13.9. The number of carbonyl (C=O) groups is 1. The zero-order valence-electron chi connectivity index (χ0n) is 25.1. The van der Waals surface area contributed by atoms with Gasteiger partial charge in [-0.1, -0.05) is 18.9 Å². The van der Waals surface area contributed by atoms with E-state index < -0.39 is 11.3 Å². The van der Waals surface area contributed by atoms with Crippen LogP contribution in [-0.4, -0.2) is 35.2 Å². The van der Waals surface area contributed by atoms with Crippen molar-refractivity contribution < 1.29 is 13.6 Å². The van der Waals surface area contributed by atoms with Gasteiger partial charge in [0.15, 0.2) is 0 Å². The average Bonchev–Trinajstić information content (AvgIpc) is 3.82. The minimum atomic E-state index is -0.612. The minimum Gasteiger partial charge on any atom is -0.388 e. The number of aromatic amines is 1. The molecule has 0 aliphatic heterocycles. The molecule has 0 saturated heterocycles. The summed E-state index contributed by atoms with van der Waals surface area (Å²) < 4.78 is 23.0. The van der Waals surface area contributed by atoms with Crippen molar-refractivity contribution in [2.24, 2.45) is 14.1 Å². The van der Waals surface area contributed by atoms with Crippen LogP contribution in [-0.2, 0) is 19.6 Å². The first-order chi connectivity index (χ1) is 21.8. The van der Waals surface area contributed by atoms with E-state index in [1.54, 1.807) is 6.07 Å². The van der Waals surface area contributed by atoms with Gasteiger partial charge in [-0.05, 0) is 86.1 Å². The van der Waals surface area contributed by atoms with Crippen molar-refractivity contribution in [2.75, 3.05) is 0 Å². The van der Waals surface area contributed by atoms with Crippen molar-refractivity contribution in [3.8, 4) is 22.8 Å². The van der Waals surface area contributed by atoms with Crippen LogP contribution in [0.4, 0.5) is 4.39 Å². The number of nitrogens with one attached hydrogen (secondary N) is 2. The van der Waals surface area contributed by atoms with Crippen LogP contribution < -0.4 is 11.1 Å². The number of fused-ring (bicyclic) bond motifs is 2. The summed E-state index contributed by atoms with van der Waals surface area (Å²) >= 11 is 0. The Morgan fingerprint density at radius 3 is 2.53 bits per heavy atom. The highest BCUT2D eigenvalue weighted by atomic mass is 19.1. The summed E-state index contributed by atoms with van der Waals surface area (Å²) in [4.78, 5) is 34.8. The molecule has 228 valence electrons. The number of nitrogens with zero attached hydrogens (tertiary/aromatic N) is 5. The molecule has 1 amide bonds. The molecule has 2 aliphatic rings. The van der Waals surface area contributed by atoms with Crippen LogP contribution in [0.2, 0.25) is 0 Å². The number of aromatic nitrogens is 6. The number of halogens is 1. The molecule has 11 heteroatoms. The lowest BCUT2D eigenvalue weighted by Gasteiger charge is -2.41. The van der Waals surface area contributed by atoms with E-state index >= 15 is 0 Å². The third-order valence-corrected chi connectivity index (χ3v) is 9.79. The van der Waals surface area contributed by atoms with Gasteiger partial charge < -0.3 is 18.9 Å². The normalized spacial score (nSPS) is 16.4. The number of pyridine rings is 1. The Balaban J connectivity index is 1.15. The van der Waals surface area contributed by atoms with Crippen LogP contribution in [0.1, 0.15) is 72.6 Å². The molecule has 2 N–H and O–H groups in total. The first-order valence-corrected chi connectivity index (χ1v) is 15.4. The Labute approximate surface area is 257 Å². The quantitative estimate of drug-likeness (QED) is 0.237. The molecule has 45 heavy (non-hydrogen) atoms. The van der Waals surface area contributed by atoms with Gasteiger partial charge in [-0.25, -0.2) is 19.3 Å². The van der Waals surface area contributed by atoms with Crippen molar-refractivity contribution in [3.05, 3.63) is 88.0 Å². The van der Waals surface area contributed by atoms with Crippen molar-refractivity contribution >= 4 is 27.8 Å². The molecule has 2 aliphatic carbocycles. The number of hydrogen-bond donors (Lipinski definition) is 2. The molecule has 10 nitrogen and oxygen atoms in total. The van der Waals surface area contributed by atoms with E-state index in [1.165, 1.54) is 30.7 Å². The van der Waals surface area contributed by atoms with Crippen LogP contribution in [0.5, 0.6) is 0 Å². The zero-order chi connectivity index (χ0) is 30.9. The maximum absolute atomic E-state index is 13.9.